The second-order valence-electron chi connectivity index (χ2n) is 4.78. The largest absolute Gasteiger partial charge is 0.465 e. The van der Waals surface area contributed by atoms with Gasteiger partial charge < -0.3 is 4.74 Å². The van der Waals surface area contributed by atoms with E-state index in [1.807, 2.05) is 6.07 Å². The van der Waals surface area contributed by atoms with Crippen molar-refractivity contribution >= 4 is 22.3 Å². The van der Waals surface area contributed by atoms with Gasteiger partial charge in [-0.05, 0) is 42.3 Å². The molecule has 0 unspecified atom stereocenters. The second-order valence-corrected chi connectivity index (χ2v) is 4.78. The number of carbonyl (C=O) groups excluding carboxylic acids is 1. The SMILES string of the molecule is C/C=C(\C(F)=C(/C)F)c1cccc2ccc(C(=O)OC)cc12. The average molecular weight is 302 g/mol. The van der Waals surface area contributed by atoms with Crippen molar-refractivity contribution in [2.24, 2.45) is 0 Å². The molecule has 0 N–H and O–H groups in total. The van der Waals surface area contributed by atoms with Gasteiger partial charge >= 0.3 is 5.97 Å². The number of halogens is 2. The van der Waals surface area contributed by atoms with E-state index < -0.39 is 17.6 Å². The summed E-state index contributed by atoms with van der Waals surface area (Å²) in [7, 11) is 1.30. The Morgan fingerprint density at radius 2 is 1.91 bits per heavy atom. The lowest BCUT2D eigenvalue weighted by Gasteiger charge is -2.11. The highest BCUT2D eigenvalue weighted by Gasteiger charge is 2.15. The van der Waals surface area contributed by atoms with Crippen LogP contribution in [0.15, 0.2) is 54.1 Å². The molecule has 4 heteroatoms. The van der Waals surface area contributed by atoms with E-state index in [1.54, 1.807) is 37.3 Å². The van der Waals surface area contributed by atoms with Crippen LogP contribution >= 0.6 is 0 Å². The van der Waals surface area contributed by atoms with Gasteiger partial charge in [-0.3, -0.25) is 0 Å². The second kappa shape index (κ2) is 6.52. The standard InChI is InChI=1S/C18H16F2O2/c1-4-14(17(20)11(2)19)15-7-5-6-12-8-9-13(10-16(12)15)18(21)22-3/h4-10H,1-3H3/b14-4-,17-11-. The summed E-state index contributed by atoms with van der Waals surface area (Å²) in [6.45, 7) is 2.71. The van der Waals surface area contributed by atoms with Crippen LogP contribution in [0.25, 0.3) is 16.3 Å². The van der Waals surface area contributed by atoms with Crippen molar-refractivity contribution in [3.05, 3.63) is 65.3 Å². The average Bonchev–Trinajstić information content (AvgIpc) is 2.54. The summed E-state index contributed by atoms with van der Waals surface area (Å²) >= 11 is 0. The van der Waals surface area contributed by atoms with Crippen molar-refractivity contribution in [1.82, 2.24) is 0 Å². The molecule has 2 nitrogen and oxygen atoms in total. The van der Waals surface area contributed by atoms with E-state index in [4.69, 9.17) is 4.74 Å². The molecule has 0 atom stereocenters. The molecule has 0 radical (unpaired) electrons. The quantitative estimate of drug-likeness (QED) is 0.575. The first-order chi connectivity index (χ1) is 10.5. The molecule has 0 fully saturated rings. The van der Waals surface area contributed by atoms with Gasteiger partial charge in [-0.15, -0.1) is 0 Å². The minimum atomic E-state index is -0.904. The van der Waals surface area contributed by atoms with Crippen molar-refractivity contribution in [2.75, 3.05) is 7.11 Å². The van der Waals surface area contributed by atoms with Gasteiger partial charge in [0.05, 0.1) is 12.7 Å². The minimum absolute atomic E-state index is 0.160. The first-order valence-corrected chi connectivity index (χ1v) is 6.79. The highest BCUT2D eigenvalue weighted by atomic mass is 19.2. The molecule has 2 aromatic carbocycles. The number of carbonyl (C=O) groups is 1. The number of hydrogen-bond acceptors (Lipinski definition) is 2. The van der Waals surface area contributed by atoms with Gasteiger partial charge in [-0.2, -0.15) is 0 Å². The van der Waals surface area contributed by atoms with E-state index in [1.165, 1.54) is 13.2 Å². The van der Waals surface area contributed by atoms with Gasteiger partial charge in [-0.25, -0.2) is 13.6 Å². The molecule has 0 amide bonds. The van der Waals surface area contributed by atoms with Crippen LogP contribution in [0.5, 0.6) is 0 Å². The van der Waals surface area contributed by atoms with Crippen LogP contribution < -0.4 is 0 Å². The highest BCUT2D eigenvalue weighted by molar-refractivity contribution is 6.01. The number of allylic oxidation sites excluding steroid dienone is 4. The molecule has 0 aliphatic heterocycles. The Bertz CT molecular complexity index is 785. The Hall–Kier alpha value is -2.49. The van der Waals surface area contributed by atoms with Crippen LogP contribution in [0.1, 0.15) is 29.8 Å². The number of hydrogen-bond donors (Lipinski definition) is 0. The lowest BCUT2D eigenvalue weighted by molar-refractivity contribution is 0.0601. The molecular weight excluding hydrogens is 286 g/mol. The number of esters is 1. The summed E-state index contributed by atoms with van der Waals surface area (Å²) in [6.07, 6.45) is 1.51. The maximum atomic E-state index is 14.1. The smallest absolute Gasteiger partial charge is 0.337 e. The summed E-state index contributed by atoms with van der Waals surface area (Å²) < 4.78 is 32.0. The monoisotopic (exact) mass is 302 g/mol. The van der Waals surface area contributed by atoms with Gasteiger partial charge in [0.15, 0.2) is 5.83 Å². The van der Waals surface area contributed by atoms with E-state index in [2.05, 4.69) is 0 Å². The third-order valence-electron chi connectivity index (χ3n) is 3.42. The Labute approximate surface area is 127 Å². The van der Waals surface area contributed by atoms with Crippen molar-refractivity contribution in [3.63, 3.8) is 0 Å². The Morgan fingerprint density at radius 3 is 2.50 bits per heavy atom. The molecular formula is C18H16F2O2. The number of methoxy groups -OCH3 is 1. The Morgan fingerprint density at radius 1 is 1.18 bits per heavy atom. The minimum Gasteiger partial charge on any atom is -0.465 e. The fourth-order valence-corrected chi connectivity index (χ4v) is 2.34. The fraction of sp³-hybridized carbons (Fsp3) is 0.167. The molecule has 0 bridgehead atoms. The maximum Gasteiger partial charge on any atom is 0.337 e. The van der Waals surface area contributed by atoms with E-state index >= 15 is 0 Å². The van der Waals surface area contributed by atoms with Crippen molar-refractivity contribution in [1.29, 1.82) is 0 Å². The van der Waals surface area contributed by atoms with Crippen molar-refractivity contribution in [2.45, 2.75) is 13.8 Å². The van der Waals surface area contributed by atoms with E-state index in [0.717, 1.165) is 12.3 Å². The van der Waals surface area contributed by atoms with Crippen molar-refractivity contribution < 1.29 is 18.3 Å². The number of benzene rings is 2. The van der Waals surface area contributed by atoms with Crippen LogP contribution in [-0.2, 0) is 4.74 Å². The van der Waals surface area contributed by atoms with Gasteiger partial charge in [0.25, 0.3) is 0 Å². The summed E-state index contributed by atoms with van der Waals surface area (Å²) in [5, 5.41) is 1.49. The molecule has 0 aromatic heterocycles. The topological polar surface area (TPSA) is 26.3 Å². The van der Waals surface area contributed by atoms with E-state index in [-0.39, 0.29) is 5.57 Å². The first-order valence-electron chi connectivity index (χ1n) is 6.79. The predicted molar refractivity (Wildman–Crippen MR) is 83.9 cm³/mol. The predicted octanol–water partition coefficient (Wildman–Crippen LogP) is 5.20. The summed E-state index contributed by atoms with van der Waals surface area (Å²) in [6, 6.07) is 10.3. The van der Waals surface area contributed by atoms with Crippen LogP contribution in [0.2, 0.25) is 0 Å². The fourth-order valence-electron chi connectivity index (χ4n) is 2.34. The maximum absolute atomic E-state index is 14.1. The summed E-state index contributed by atoms with van der Waals surface area (Å²) in [5.74, 6) is -2.26. The molecule has 2 aromatic rings. The molecule has 0 heterocycles. The zero-order chi connectivity index (χ0) is 16.3. The van der Waals surface area contributed by atoms with Gasteiger partial charge in [0.1, 0.15) is 5.83 Å². The third-order valence-corrected chi connectivity index (χ3v) is 3.42. The molecule has 0 spiro atoms. The number of ether oxygens (including phenoxy) is 1. The number of fused-ring (bicyclic) bond motifs is 1. The van der Waals surface area contributed by atoms with Crippen LogP contribution in [0.4, 0.5) is 8.78 Å². The lowest BCUT2D eigenvalue weighted by atomic mass is 9.95. The Balaban J connectivity index is 2.73. The van der Waals surface area contributed by atoms with Crippen LogP contribution in [0, 0.1) is 0 Å². The van der Waals surface area contributed by atoms with E-state index in [0.29, 0.717) is 16.5 Å². The zero-order valence-corrected chi connectivity index (χ0v) is 12.6. The highest BCUT2D eigenvalue weighted by Crippen LogP contribution is 2.33. The molecule has 0 saturated heterocycles. The van der Waals surface area contributed by atoms with E-state index in [9.17, 15) is 13.6 Å². The van der Waals surface area contributed by atoms with Gasteiger partial charge in [-0.1, -0.05) is 30.3 Å². The number of rotatable bonds is 3. The molecule has 2 rings (SSSR count). The zero-order valence-electron chi connectivity index (χ0n) is 12.6. The van der Waals surface area contributed by atoms with Crippen molar-refractivity contribution in [3.8, 4) is 0 Å². The van der Waals surface area contributed by atoms with Gasteiger partial charge in [0.2, 0.25) is 0 Å². The lowest BCUT2D eigenvalue weighted by Crippen LogP contribution is -2.01. The summed E-state index contributed by atoms with van der Waals surface area (Å²) in [4.78, 5) is 11.7. The normalized spacial score (nSPS) is 13.0. The molecule has 0 saturated carbocycles. The van der Waals surface area contributed by atoms with Crippen LogP contribution in [-0.4, -0.2) is 13.1 Å². The molecule has 22 heavy (non-hydrogen) atoms. The summed E-state index contributed by atoms with van der Waals surface area (Å²) in [5.41, 5.74) is 1.05. The Kier molecular flexibility index (Phi) is 4.71. The third kappa shape index (κ3) is 2.91. The van der Waals surface area contributed by atoms with Gasteiger partial charge in [0, 0.05) is 5.57 Å². The molecule has 114 valence electrons. The first kappa shape index (κ1) is 15.9. The molecule has 0 aliphatic rings. The van der Waals surface area contributed by atoms with Crippen LogP contribution in [0.3, 0.4) is 0 Å². The molecule has 0 aliphatic carbocycles.